The molecule has 0 atom stereocenters. The summed E-state index contributed by atoms with van der Waals surface area (Å²) in [5.41, 5.74) is 0.592. The molecular formula is C7H7BClFO2. The summed E-state index contributed by atoms with van der Waals surface area (Å²) in [6, 6.07) is 2.43. The van der Waals surface area contributed by atoms with Gasteiger partial charge in [-0.25, -0.2) is 4.39 Å². The highest BCUT2D eigenvalue weighted by Gasteiger charge is 2.14. The van der Waals surface area contributed by atoms with Crippen LogP contribution in [0, 0.1) is 12.7 Å². The Kier molecular flexibility index (Phi) is 2.72. The second-order valence-electron chi connectivity index (χ2n) is 2.51. The molecule has 64 valence electrons. The van der Waals surface area contributed by atoms with Crippen molar-refractivity contribution < 1.29 is 14.4 Å². The largest absolute Gasteiger partial charge is 0.488 e. The van der Waals surface area contributed by atoms with Gasteiger partial charge in [-0.3, -0.25) is 0 Å². The Hall–Kier alpha value is -0.575. The van der Waals surface area contributed by atoms with Crippen molar-refractivity contribution in [1.29, 1.82) is 0 Å². The number of halogens is 2. The fraction of sp³-hybridized carbons (Fsp3) is 0.143. The second kappa shape index (κ2) is 3.43. The molecule has 0 fully saturated rings. The topological polar surface area (TPSA) is 40.5 Å². The van der Waals surface area contributed by atoms with Crippen LogP contribution in [0.3, 0.4) is 0 Å². The SMILES string of the molecule is Cc1cc(B(O)O)cc(F)c1Cl. The number of rotatable bonds is 1. The van der Waals surface area contributed by atoms with Crippen LogP contribution in [-0.2, 0) is 0 Å². The summed E-state index contributed by atoms with van der Waals surface area (Å²) in [5, 5.41) is 17.4. The third kappa shape index (κ3) is 1.77. The molecule has 0 radical (unpaired) electrons. The molecule has 12 heavy (non-hydrogen) atoms. The molecule has 2 nitrogen and oxygen atoms in total. The zero-order valence-electron chi connectivity index (χ0n) is 6.38. The lowest BCUT2D eigenvalue weighted by Gasteiger charge is -2.03. The molecule has 0 aromatic heterocycles. The van der Waals surface area contributed by atoms with Crippen LogP contribution in [0.5, 0.6) is 0 Å². The molecule has 0 unspecified atom stereocenters. The van der Waals surface area contributed by atoms with Gasteiger partial charge in [0, 0.05) is 0 Å². The zero-order chi connectivity index (χ0) is 9.30. The first-order valence-electron chi connectivity index (χ1n) is 3.34. The van der Waals surface area contributed by atoms with Crippen molar-refractivity contribution in [3.05, 3.63) is 28.5 Å². The number of benzene rings is 1. The van der Waals surface area contributed by atoms with Crippen LogP contribution in [-0.4, -0.2) is 17.2 Å². The van der Waals surface area contributed by atoms with E-state index in [0.717, 1.165) is 6.07 Å². The number of hydrogen-bond acceptors (Lipinski definition) is 2. The smallest absolute Gasteiger partial charge is 0.423 e. The first-order valence-corrected chi connectivity index (χ1v) is 3.72. The molecule has 0 spiro atoms. The van der Waals surface area contributed by atoms with E-state index in [0.29, 0.717) is 5.56 Å². The van der Waals surface area contributed by atoms with E-state index in [1.54, 1.807) is 6.92 Å². The molecule has 0 saturated carbocycles. The monoisotopic (exact) mass is 188 g/mol. The van der Waals surface area contributed by atoms with E-state index in [1.807, 2.05) is 0 Å². The lowest BCUT2D eigenvalue weighted by Crippen LogP contribution is -2.30. The van der Waals surface area contributed by atoms with Gasteiger partial charge in [-0.2, -0.15) is 0 Å². The summed E-state index contributed by atoms with van der Waals surface area (Å²) >= 11 is 5.52. The Labute approximate surface area is 74.7 Å². The zero-order valence-corrected chi connectivity index (χ0v) is 7.14. The first kappa shape index (κ1) is 9.51. The van der Waals surface area contributed by atoms with Gasteiger partial charge >= 0.3 is 7.12 Å². The fourth-order valence-corrected chi connectivity index (χ4v) is 1.01. The van der Waals surface area contributed by atoms with Crippen molar-refractivity contribution in [2.75, 3.05) is 0 Å². The highest BCUT2D eigenvalue weighted by molar-refractivity contribution is 6.58. The van der Waals surface area contributed by atoms with Gasteiger partial charge in [0.2, 0.25) is 0 Å². The molecule has 0 bridgehead atoms. The van der Waals surface area contributed by atoms with E-state index >= 15 is 0 Å². The van der Waals surface area contributed by atoms with Crippen molar-refractivity contribution in [3.63, 3.8) is 0 Å². The number of hydrogen-bond donors (Lipinski definition) is 2. The quantitative estimate of drug-likeness (QED) is 0.629. The predicted octanol–water partition coefficient (Wildman–Crippen LogP) is 0.467. The minimum absolute atomic E-state index is 0.0133. The maximum absolute atomic E-state index is 12.8. The Morgan fingerprint density at radius 1 is 1.42 bits per heavy atom. The summed E-state index contributed by atoms with van der Waals surface area (Å²) in [6.07, 6.45) is 0. The molecule has 0 aliphatic rings. The van der Waals surface area contributed by atoms with Gasteiger partial charge in [-0.1, -0.05) is 17.7 Å². The summed E-state index contributed by atoms with van der Waals surface area (Å²) in [7, 11) is -1.66. The van der Waals surface area contributed by atoms with Crippen LogP contribution >= 0.6 is 11.6 Å². The predicted molar refractivity (Wildman–Crippen MR) is 46.0 cm³/mol. The first-order chi connectivity index (χ1) is 5.52. The summed E-state index contributed by atoms with van der Waals surface area (Å²) in [6.45, 7) is 1.59. The Balaban J connectivity index is 3.21. The lowest BCUT2D eigenvalue weighted by molar-refractivity contribution is 0.425. The van der Waals surface area contributed by atoms with Crippen LogP contribution in [0.1, 0.15) is 5.56 Å². The van der Waals surface area contributed by atoms with E-state index in [4.69, 9.17) is 21.6 Å². The Morgan fingerprint density at radius 3 is 2.42 bits per heavy atom. The van der Waals surface area contributed by atoms with Crippen molar-refractivity contribution in [2.45, 2.75) is 6.92 Å². The number of aryl methyl sites for hydroxylation is 1. The van der Waals surface area contributed by atoms with Gasteiger partial charge in [0.05, 0.1) is 5.02 Å². The second-order valence-corrected chi connectivity index (χ2v) is 2.89. The summed E-state index contributed by atoms with van der Waals surface area (Å²) in [5.74, 6) is -0.639. The molecule has 0 aliphatic heterocycles. The average Bonchev–Trinajstić information content (AvgIpc) is 1.99. The third-order valence-electron chi connectivity index (χ3n) is 1.53. The van der Waals surface area contributed by atoms with Crippen molar-refractivity contribution in [1.82, 2.24) is 0 Å². The molecule has 0 amide bonds. The van der Waals surface area contributed by atoms with Gasteiger partial charge in [0.15, 0.2) is 0 Å². The molecule has 0 heterocycles. The van der Waals surface area contributed by atoms with E-state index in [-0.39, 0.29) is 10.5 Å². The van der Waals surface area contributed by atoms with Gasteiger partial charge in [-0.15, -0.1) is 0 Å². The molecule has 1 aromatic carbocycles. The van der Waals surface area contributed by atoms with Crippen molar-refractivity contribution in [2.24, 2.45) is 0 Å². The molecular weight excluding hydrogens is 181 g/mol. The van der Waals surface area contributed by atoms with Crippen LogP contribution in [0.15, 0.2) is 12.1 Å². The maximum Gasteiger partial charge on any atom is 0.488 e. The Bertz CT molecular complexity index is 280. The molecule has 1 aromatic rings. The minimum atomic E-state index is -1.66. The average molecular weight is 188 g/mol. The van der Waals surface area contributed by atoms with Crippen LogP contribution in [0.4, 0.5) is 4.39 Å². The van der Waals surface area contributed by atoms with Crippen molar-refractivity contribution >= 4 is 24.2 Å². The molecule has 0 saturated heterocycles. The molecule has 2 N–H and O–H groups in total. The standard InChI is InChI=1S/C7H7BClFO2/c1-4-2-5(8(11)12)3-6(10)7(4)9/h2-3,11-12H,1H3. The molecule has 1 rings (SSSR count). The fourth-order valence-electron chi connectivity index (χ4n) is 0.902. The summed E-state index contributed by atoms with van der Waals surface area (Å²) in [4.78, 5) is 0. The Morgan fingerprint density at radius 2 is 2.00 bits per heavy atom. The van der Waals surface area contributed by atoms with E-state index in [1.165, 1.54) is 6.07 Å². The highest BCUT2D eigenvalue weighted by atomic mass is 35.5. The van der Waals surface area contributed by atoms with Crippen molar-refractivity contribution in [3.8, 4) is 0 Å². The third-order valence-corrected chi connectivity index (χ3v) is 2.01. The normalized spacial score (nSPS) is 10.1. The summed E-state index contributed by atoms with van der Waals surface area (Å²) < 4.78 is 12.8. The van der Waals surface area contributed by atoms with E-state index in [9.17, 15) is 4.39 Å². The van der Waals surface area contributed by atoms with Crippen LogP contribution < -0.4 is 5.46 Å². The van der Waals surface area contributed by atoms with Gasteiger partial charge in [-0.05, 0) is 24.0 Å². The van der Waals surface area contributed by atoms with Gasteiger partial charge in [0.25, 0.3) is 0 Å². The van der Waals surface area contributed by atoms with Gasteiger partial charge in [0.1, 0.15) is 5.82 Å². The maximum atomic E-state index is 12.8. The van der Waals surface area contributed by atoms with Crippen LogP contribution in [0.2, 0.25) is 5.02 Å². The van der Waals surface area contributed by atoms with E-state index in [2.05, 4.69) is 0 Å². The lowest BCUT2D eigenvalue weighted by atomic mass is 9.79. The van der Waals surface area contributed by atoms with E-state index < -0.39 is 12.9 Å². The van der Waals surface area contributed by atoms with Gasteiger partial charge < -0.3 is 10.0 Å². The highest BCUT2D eigenvalue weighted by Crippen LogP contribution is 2.17. The molecule has 5 heteroatoms. The molecule has 0 aliphatic carbocycles. The van der Waals surface area contributed by atoms with Crippen LogP contribution in [0.25, 0.3) is 0 Å². The minimum Gasteiger partial charge on any atom is -0.423 e.